The van der Waals surface area contributed by atoms with Gasteiger partial charge in [0, 0.05) is 12.7 Å². The maximum atomic E-state index is 5.94. The van der Waals surface area contributed by atoms with Crippen LogP contribution in [0.1, 0.15) is 29.6 Å². The van der Waals surface area contributed by atoms with E-state index in [9.17, 15) is 0 Å². The lowest BCUT2D eigenvalue weighted by Crippen LogP contribution is -2.17. The lowest BCUT2D eigenvalue weighted by molar-refractivity contribution is 0.446. The van der Waals surface area contributed by atoms with Crippen molar-refractivity contribution in [1.29, 1.82) is 0 Å². The Morgan fingerprint density at radius 3 is 2.60 bits per heavy atom. The van der Waals surface area contributed by atoms with Gasteiger partial charge in [-0.25, -0.2) is 0 Å². The second kappa shape index (κ2) is 6.62. The average Bonchev–Trinajstić information content (AvgIpc) is 2.76. The highest BCUT2D eigenvalue weighted by atomic mass is 16.3. The summed E-state index contributed by atoms with van der Waals surface area (Å²) >= 11 is 0. The molecule has 0 saturated carbocycles. The fraction of sp³-hybridized carbons (Fsp3) is 0.412. The summed E-state index contributed by atoms with van der Waals surface area (Å²) in [7, 11) is 2.10. The van der Waals surface area contributed by atoms with E-state index in [0.29, 0.717) is 0 Å². The monoisotopic (exact) mass is 272 g/mol. The van der Waals surface area contributed by atoms with Crippen molar-refractivity contribution in [2.75, 3.05) is 18.5 Å². The van der Waals surface area contributed by atoms with E-state index in [1.165, 1.54) is 16.8 Å². The normalized spacial score (nSPS) is 10.8. The third-order valence-electron chi connectivity index (χ3n) is 3.53. The fourth-order valence-corrected chi connectivity index (χ4v) is 2.39. The van der Waals surface area contributed by atoms with Crippen molar-refractivity contribution in [3.05, 3.63) is 53.0 Å². The lowest BCUT2D eigenvalue weighted by Gasteiger charge is -2.20. The Labute approximate surface area is 121 Å². The molecule has 20 heavy (non-hydrogen) atoms. The van der Waals surface area contributed by atoms with Gasteiger partial charge in [-0.05, 0) is 43.7 Å². The molecule has 0 fully saturated rings. The molecule has 0 aliphatic carbocycles. The van der Waals surface area contributed by atoms with Gasteiger partial charge in [0.1, 0.15) is 11.5 Å². The first-order chi connectivity index (χ1) is 9.61. The van der Waals surface area contributed by atoms with Crippen LogP contribution in [-0.2, 0) is 13.1 Å². The number of hydrogen-bond donors (Lipinski definition) is 1. The number of benzene rings is 1. The van der Waals surface area contributed by atoms with Gasteiger partial charge in [-0.15, -0.1) is 0 Å². The van der Waals surface area contributed by atoms with E-state index < -0.39 is 0 Å². The van der Waals surface area contributed by atoms with Crippen LogP contribution in [-0.4, -0.2) is 13.6 Å². The van der Waals surface area contributed by atoms with Crippen molar-refractivity contribution in [1.82, 2.24) is 5.32 Å². The standard InChI is InChI=1S/C17H24N2O/c1-5-18-11-17-14(3)10-15(20-17)12-19(4)16-9-7-6-8-13(16)2/h6-10,18H,5,11-12H2,1-4H3. The highest BCUT2D eigenvalue weighted by Gasteiger charge is 2.10. The first-order valence-electron chi connectivity index (χ1n) is 7.17. The van der Waals surface area contributed by atoms with Gasteiger partial charge >= 0.3 is 0 Å². The zero-order chi connectivity index (χ0) is 14.5. The van der Waals surface area contributed by atoms with Crippen molar-refractivity contribution in [2.45, 2.75) is 33.9 Å². The Bertz CT molecular complexity index is 560. The molecule has 0 aliphatic heterocycles. The zero-order valence-corrected chi connectivity index (χ0v) is 12.9. The molecule has 0 spiro atoms. The van der Waals surface area contributed by atoms with Crippen molar-refractivity contribution >= 4 is 5.69 Å². The Morgan fingerprint density at radius 2 is 1.90 bits per heavy atom. The molecule has 0 aliphatic rings. The van der Waals surface area contributed by atoms with Crippen molar-refractivity contribution in [3.8, 4) is 0 Å². The van der Waals surface area contributed by atoms with E-state index in [-0.39, 0.29) is 0 Å². The quantitative estimate of drug-likeness (QED) is 0.870. The van der Waals surface area contributed by atoms with Crippen LogP contribution in [0.5, 0.6) is 0 Å². The molecule has 0 unspecified atom stereocenters. The van der Waals surface area contributed by atoms with E-state index in [2.05, 4.69) is 68.4 Å². The van der Waals surface area contributed by atoms with Crippen LogP contribution in [0.4, 0.5) is 5.69 Å². The summed E-state index contributed by atoms with van der Waals surface area (Å²) in [6.07, 6.45) is 0. The zero-order valence-electron chi connectivity index (χ0n) is 12.9. The first kappa shape index (κ1) is 14.7. The molecule has 0 saturated heterocycles. The molecule has 3 heteroatoms. The fourth-order valence-electron chi connectivity index (χ4n) is 2.39. The molecule has 0 amide bonds. The van der Waals surface area contributed by atoms with Gasteiger partial charge < -0.3 is 14.6 Å². The molecule has 0 atom stereocenters. The largest absolute Gasteiger partial charge is 0.463 e. The summed E-state index contributed by atoms with van der Waals surface area (Å²) in [5, 5.41) is 3.31. The summed E-state index contributed by atoms with van der Waals surface area (Å²) in [6, 6.07) is 10.6. The Hall–Kier alpha value is -1.74. The van der Waals surface area contributed by atoms with E-state index >= 15 is 0 Å². The number of para-hydroxylation sites is 1. The number of furan rings is 1. The van der Waals surface area contributed by atoms with Gasteiger partial charge in [-0.3, -0.25) is 0 Å². The molecule has 108 valence electrons. The number of aryl methyl sites for hydroxylation is 2. The second-order valence-electron chi connectivity index (χ2n) is 5.24. The number of anilines is 1. The van der Waals surface area contributed by atoms with Crippen molar-refractivity contribution in [3.63, 3.8) is 0 Å². The van der Waals surface area contributed by atoms with Gasteiger partial charge in [0.25, 0.3) is 0 Å². The first-order valence-corrected chi connectivity index (χ1v) is 7.17. The summed E-state index contributed by atoms with van der Waals surface area (Å²) in [5.74, 6) is 2.06. The molecule has 3 nitrogen and oxygen atoms in total. The highest BCUT2D eigenvalue weighted by molar-refractivity contribution is 5.52. The van der Waals surface area contributed by atoms with Crippen LogP contribution < -0.4 is 10.2 Å². The van der Waals surface area contributed by atoms with E-state index in [4.69, 9.17) is 4.42 Å². The number of nitrogens with zero attached hydrogens (tertiary/aromatic N) is 1. The van der Waals surface area contributed by atoms with Crippen LogP contribution in [0.2, 0.25) is 0 Å². The summed E-state index contributed by atoms with van der Waals surface area (Å²) in [5.41, 5.74) is 3.75. The molecule has 1 aromatic heterocycles. The summed E-state index contributed by atoms with van der Waals surface area (Å²) in [6.45, 7) is 8.89. The molecule has 0 radical (unpaired) electrons. The van der Waals surface area contributed by atoms with E-state index in [1.807, 2.05) is 0 Å². The highest BCUT2D eigenvalue weighted by Crippen LogP contribution is 2.22. The van der Waals surface area contributed by atoms with Crippen molar-refractivity contribution in [2.24, 2.45) is 0 Å². The second-order valence-corrected chi connectivity index (χ2v) is 5.24. The van der Waals surface area contributed by atoms with Gasteiger partial charge in [-0.1, -0.05) is 25.1 Å². The third kappa shape index (κ3) is 3.42. The maximum absolute atomic E-state index is 5.94. The minimum atomic E-state index is 0.790. The van der Waals surface area contributed by atoms with Gasteiger partial charge in [0.05, 0.1) is 13.1 Å². The van der Waals surface area contributed by atoms with Crippen LogP contribution in [0.3, 0.4) is 0 Å². The molecule has 1 heterocycles. The molecular formula is C17H24N2O. The number of hydrogen-bond acceptors (Lipinski definition) is 3. The van der Waals surface area contributed by atoms with Gasteiger partial charge in [0.2, 0.25) is 0 Å². The molecule has 1 aromatic carbocycles. The summed E-state index contributed by atoms with van der Waals surface area (Å²) in [4.78, 5) is 2.23. The molecule has 2 aromatic rings. The topological polar surface area (TPSA) is 28.4 Å². The van der Waals surface area contributed by atoms with E-state index in [0.717, 1.165) is 31.2 Å². The lowest BCUT2D eigenvalue weighted by atomic mass is 10.2. The smallest absolute Gasteiger partial charge is 0.123 e. The minimum Gasteiger partial charge on any atom is -0.463 e. The Kier molecular flexibility index (Phi) is 4.85. The van der Waals surface area contributed by atoms with Crippen molar-refractivity contribution < 1.29 is 4.42 Å². The number of nitrogens with one attached hydrogen (secondary N) is 1. The predicted molar refractivity (Wildman–Crippen MR) is 84.1 cm³/mol. The molecule has 0 bridgehead atoms. The summed E-state index contributed by atoms with van der Waals surface area (Å²) < 4.78 is 5.94. The SMILES string of the molecule is CCNCc1oc(CN(C)c2ccccc2C)cc1C. The predicted octanol–water partition coefficient (Wildman–Crippen LogP) is 3.64. The van der Waals surface area contributed by atoms with Crippen LogP contribution >= 0.6 is 0 Å². The Balaban J connectivity index is 2.08. The van der Waals surface area contributed by atoms with Gasteiger partial charge in [0.15, 0.2) is 0 Å². The Morgan fingerprint density at radius 1 is 1.15 bits per heavy atom. The maximum Gasteiger partial charge on any atom is 0.123 e. The van der Waals surface area contributed by atoms with Gasteiger partial charge in [-0.2, -0.15) is 0 Å². The molecule has 1 N–H and O–H groups in total. The number of rotatable bonds is 6. The average molecular weight is 272 g/mol. The molecule has 2 rings (SSSR count). The van der Waals surface area contributed by atoms with Crippen LogP contribution in [0.15, 0.2) is 34.7 Å². The van der Waals surface area contributed by atoms with E-state index in [1.54, 1.807) is 0 Å². The molecular weight excluding hydrogens is 248 g/mol. The minimum absolute atomic E-state index is 0.790. The third-order valence-corrected chi connectivity index (χ3v) is 3.53. The van der Waals surface area contributed by atoms with Crippen LogP contribution in [0, 0.1) is 13.8 Å². The van der Waals surface area contributed by atoms with Crippen LogP contribution in [0.25, 0.3) is 0 Å².